The van der Waals surface area contributed by atoms with Crippen LogP contribution in [0, 0.1) is 12.8 Å². The summed E-state index contributed by atoms with van der Waals surface area (Å²) in [4.78, 5) is 24.3. The molecule has 2 aromatic rings. The molecule has 0 saturated carbocycles. The molecular weight excluding hydrogens is 294 g/mol. The lowest BCUT2D eigenvalue weighted by molar-refractivity contribution is -0.122. The fourth-order valence-electron chi connectivity index (χ4n) is 2.40. The molecule has 1 atom stereocenters. The molecule has 6 heteroatoms. The van der Waals surface area contributed by atoms with Crippen molar-refractivity contribution in [3.05, 3.63) is 40.3 Å². The number of carbonyl (C=O) groups excluding carboxylic acids is 1. The van der Waals surface area contributed by atoms with E-state index in [4.69, 9.17) is 0 Å². The summed E-state index contributed by atoms with van der Waals surface area (Å²) < 4.78 is 1.19. The standard InChI is InChI=1S/C17H23N3O3/c1-11(2)15(21)8-9-18-16(22)10-20-17(23)14-7-5-4-6-13(14)12(3)19-20/h4-7,11,15,21H,8-10H2,1-3H3,(H,18,22). The van der Waals surface area contributed by atoms with Crippen LogP contribution in [-0.2, 0) is 11.3 Å². The molecule has 0 aliphatic rings. The molecule has 0 radical (unpaired) electrons. The predicted molar refractivity (Wildman–Crippen MR) is 89.2 cm³/mol. The molecule has 1 heterocycles. The molecule has 1 aromatic heterocycles. The van der Waals surface area contributed by atoms with Crippen molar-refractivity contribution in [3.8, 4) is 0 Å². The minimum atomic E-state index is -0.445. The first-order valence-electron chi connectivity index (χ1n) is 7.81. The van der Waals surface area contributed by atoms with Gasteiger partial charge < -0.3 is 10.4 Å². The molecule has 2 N–H and O–H groups in total. The van der Waals surface area contributed by atoms with Crippen molar-refractivity contribution in [2.75, 3.05) is 6.54 Å². The summed E-state index contributed by atoms with van der Waals surface area (Å²) in [5.74, 6) is -0.135. The van der Waals surface area contributed by atoms with Gasteiger partial charge in [-0.05, 0) is 25.3 Å². The number of amides is 1. The van der Waals surface area contributed by atoms with E-state index in [0.717, 1.165) is 5.39 Å². The zero-order valence-electron chi connectivity index (χ0n) is 13.7. The van der Waals surface area contributed by atoms with Crippen LogP contribution in [-0.4, -0.2) is 33.4 Å². The van der Waals surface area contributed by atoms with Crippen molar-refractivity contribution in [2.45, 2.75) is 39.8 Å². The van der Waals surface area contributed by atoms with Gasteiger partial charge in [-0.1, -0.05) is 32.0 Å². The number of aliphatic hydroxyl groups is 1. The normalized spacial score (nSPS) is 12.6. The van der Waals surface area contributed by atoms with Crippen LogP contribution in [0.4, 0.5) is 0 Å². The van der Waals surface area contributed by atoms with Gasteiger partial charge in [0.2, 0.25) is 5.91 Å². The number of aromatic nitrogens is 2. The van der Waals surface area contributed by atoms with Crippen LogP contribution < -0.4 is 10.9 Å². The highest BCUT2D eigenvalue weighted by atomic mass is 16.3. The molecule has 1 aromatic carbocycles. The second-order valence-corrected chi connectivity index (χ2v) is 6.04. The van der Waals surface area contributed by atoms with Gasteiger partial charge in [-0.25, -0.2) is 4.68 Å². The highest BCUT2D eigenvalue weighted by molar-refractivity contribution is 5.83. The van der Waals surface area contributed by atoms with Gasteiger partial charge in [-0.2, -0.15) is 5.10 Å². The lowest BCUT2D eigenvalue weighted by Gasteiger charge is -2.14. The van der Waals surface area contributed by atoms with E-state index >= 15 is 0 Å². The fourth-order valence-corrected chi connectivity index (χ4v) is 2.40. The number of aryl methyl sites for hydroxylation is 1. The Kier molecular flexibility index (Phi) is 5.50. The molecule has 1 amide bonds. The first-order chi connectivity index (χ1) is 10.9. The van der Waals surface area contributed by atoms with Gasteiger partial charge in [0.15, 0.2) is 0 Å². The van der Waals surface area contributed by atoms with Crippen LogP contribution in [0.25, 0.3) is 10.8 Å². The van der Waals surface area contributed by atoms with E-state index in [0.29, 0.717) is 24.0 Å². The Hall–Kier alpha value is -2.21. The summed E-state index contributed by atoms with van der Waals surface area (Å²) in [5, 5.41) is 18.0. The fraction of sp³-hybridized carbons (Fsp3) is 0.471. The third kappa shape index (κ3) is 4.16. The zero-order valence-corrected chi connectivity index (χ0v) is 13.7. The lowest BCUT2D eigenvalue weighted by Crippen LogP contribution is -2.35. The lowest BCUT2D eigenvalue weighted by atomic mass is 10.0. The SMILES string of the molecule is Cc1nn(CC(=O)NCCC(O)C(C)C)c(=O)c2ccccc12. The molecule has 0 aliphatic heterocycles. The second-order valence-electron chi connectivity index (χ2n) is 6.04. The van der Waals surface area contributed by atoms with Gasteiger partial charge >= 0.3 is 0 Å². The zero-order chi connectivity index (χ0) is 17.0. The summed E-state index contributed by atoms with van der Waals surface area (Å²) in [6, 6.07) is 7.23. The Balaban J connectivity index is 2.06. The molecule has 6 nitrogen and oxygen atoms in total. The minimum Gasteiger partial charge on any atom is -0.393 e. The third-order valence-electron chi connectivity index (χ3n) is 3.88. The number of benzene rings is 1. The van der Waals surface area contributed by atoms with Crippen LogP contribution >= 0.6 is 0 Å². The van der Waals surface area contributed by atoms with E-state index in [1.54, 1.807) is 12.1 Å². The number of nitrogens with zero attached hydrogens (tertiary/aromatic N) is 2. The van der Waals surface area contributed by atoms with Crippen molar-refractivity contribution in [2.24, 2.45) is 5.92 Å². The molecular formula is C17H23N3O3. The Morgan fingerprint density at radius 3 is 2.61 bits per heavy atom. The molecule has 0 bridgehead atoms. The molecule has 124 valence electrons. The van der Waals surface area contributed by atoms with Crippen molar-refractivity contribution in [1.29, 1.82) is 0 Å². The van der Waals surface area contributed by atoms with Gasteiger partial charge in [0.05, 0.1) is 17.2 Å². The van der Waals surface area contributed by atoms with Crippen LogP contribution in [0.1, 0.15) is 26.0 Å². The van der Waals surface area contributed by atoms with Crippen molar-refractivity contribution < 1.29 is 9.90 Å². The smallest absolute Gasteiger partial charge is 0.275 e. The molecule has 2 rings (SSSR count). The van der Waals surface area contributed by atoms with E-state index in [9.17, 15) is 14.7 Å². The number of rotatable bonds is 6. The van der Waals surface area contributed by atoms with Gasteiger partial charge in [-0.3, -0.25) is 9.59 Å². The highest BCUT2D eigenvalue weighted by Gasteiger charge is 2.12. The van der Waals surface area contributed by atoms with E-state index in [1.165, 1.54) is 4.68 Å². The Bertz CT molecular complexity index is 752. The quantitative estimate of drug-likeness (QED) is 0.839. The van der Waals surface area contributed by atoms with E-state index < -0.39 is 6.10 Å². The van der Waals surface area contributed by atoms with E-state index in [2.05, 4.69) is 10.4 Å². The number of hydrogen-bond acceptors (Lipinski definition) is 4. The van der Waals surface area contributed by atoms with Crippen LogP contribution in [0.3, 0.4) is 0 Å². The molecule has 0 saturated heterocycles. The maximum Gasteiger partial charge on any atom is 0.275 e. The Morgan fingerprint density at radius 1 is 1.30 bits per heavy atom. The second kappa shape index (κ2) is 7.37. The van der Waals surface area contributed by atoms with Gasteiger partial charge in [0.25, 0.3) is 5.56 Å². The first kappa shape index (κ1) is 17.1. The third-order valence-corrected chi connectivity index (χ3v) is 3.88. The van der Waals surface area contributed by atoms with E-state index in [-0.39, 0.29) is 23.9 Å². The van der Waals surface area contributed by atoms with Gasteiger partial charge in [-0.15, -0.1) is 0 Å². The molecule has 1 unspecified atom stereocenters. The summed E-state index contributed by atoms with van der Waals surface area (Å²) >= 11 is 0. The summed E-state index contributed by atoms with van der Waals surface area (Å²) in [5.41, 5.74) is 0.437. The van der Waals surface area contributed by atoms with Crippen LogP contribution in [0.5, 0.6) is 0 Å². The number of aliphatic hydroxyl groups excluding tert-OH is 1. The number of fused-ring (bicyclic) bond motifs is 1. The topological polar surface area (TPSA) is 84.2 Å². The van der Waals surface area contributed by atoms with Crippen molar-refractivity contribution >= 4 is 16.7 Å². The Labute approximate surface area is 135 Å². The number of hydrogen-bond donors (Lipinski definition) is 2. The summed E-state index contributed by atoms with van der Waals surface area (Å²) in [6.07, 6.45) is 0.0433. The minimum absolute atomic E-state index is 0.123. The average molecular weight is 317 g/mol. The molecule has 0 fully saturated rings. The molecule has 0 aliphatic carbocycles. The van der Waals surface area contributed by atoms with Crippen LogP contribution in [0.2, 0.25) is 0 Å². The van der Waals surface area contributed by atoms with Crippen molar-refractivity contribution in [1.82, 2.24) is 15.1 Å². The number of carbonyl (C=O) groups is 1. The van der Waals surface area contributed by atoms with Crippen molar-refractivity contribution in [3.63, 3.8) is 0 Å². The monoisotopic (exact) mass is 317 g/mol. The predicted octanol–water partition coefficient (Wildman–Crippen LogP) is 1.23. The summed E-state index contributed by atoms with van der Waals surface area (Å²) in [6.45, 7) is 5.92. The molecule has 0 spiro atoms. The summed E-state index contributed by atoms with van der Waals surface area (Å²) in [7, 11) is 0. The van der Waals surface area contributed by atoms with Gasteiger partial charge in [0.1, 0.15) is 6.54 Å². The molecule has 23 heavy (non-hydrogen) atoms. The maximum absolute atomic E-state index is 12.4. The average Bonchev–Trinajstić information content (AvgIpc) is 2.52. The largest absolute Gasteiger partial charge is 0.393 e. The maximum atomic E-state index is 12.4. The Morgan fingerprint density at radius 2 is 1.96 bits per heavy atom. The number of nitrogens with one attached hydrogen (secondary N) is 1. The van der Waals surface area contributed by atoms with E-state index in [1.807, 2.05) is 32.9 Å². The highest BCUT2D eigenvalue weighted by Crippen LogP contribution is 2.11. The first-order valence-corrected chi connectivity index (χ1v) is 7.81. The van der Waals surface area contributed by atoms with Crippen LogP contribution in [0.15, 0.2) is 29.1 Å². The van der Waals surface area contributed by atoms with Gasteiger partial charge in [0, 0.05) is 11.9 Å².